The summed E-state index contributed by atoms with van der Waals surface area (Å²) in [6.45, 7) is 0.429. The molecule has 0 spiro atoms. The number of hydrogen-bond donors (Lipinski definition) is 2. The zero-order valence-corrected chi connectivity index (χ0v) is 13.8. The van der Waals surface area contributed by atoms with Gasteiger partial charge in [0.15, 0.2) is 0 Å². The molecule has 0 aliphatic carbocycles. The number of carbonyl (C=O) groups is 1. The number of nitrogens with zero attached hydrogens (tertiary/aromatic N) is 3. The van der Waals surface area contributed by atoms with Gasteiger partial charge in [0.25, 0.3) is 0 Å². The molecular formula is C15H17Cl2N5O. The van der Waals surface area contributed by atoms with Gasteiger partial charge in [-0.3, -0.25) is 9.99 Å². The van der Waals surface area contributed by atoms with E-state index in [1.807, 2.05) is 24.3 Å². The molecule has 1 atom stereocenters. The Morgan fingerprint density at radius 1 is 1.30 bits per heavy atom. The maximum Gasteiger partial charge on any atom is 0.149 e. The van der Waals surface area contributed by atoms with Crippen LogP contribution in [0, 0.1) is 0 Å². The molecule has 2 aromatic heterocycles. The van der Waals surface area contributed by atoms with Crippen LogP contribution in [0.15, 0.2) is 49.1 Å². The summed E-state index contributed by atoms with van der Waals surface area (Å²) in [4.78, 5) is 19.9. The number of nitrogens with two attached hydrogens (primary N) is 1. The van der Waals surface area contributed by atoms with Crippen LogP contribution >= 0.6 is 24.8 Å². The van der Waals surface area contributed by atoms with Crippen molar-refractivity contribution >= 4 is 42.5 Å². The topological polar surface area (TPSA) is 84.1 Å². The summed E-state index contributed by atoms with van der Waals surface area (Å²) in [5.74, 6) is 0.658. The van der Waals surface area contributed by atoms with Crippen molar-refractivity contribution in [3.05, 3.63) is 60.2 Å². The van der Waals surface area contributed by atoms with Gasteiger partial charge in [-0.15, -0.1) is 24.8 Å². The number of nitrogens with one attached hydrogen (secondary N) is 1. The second-order valence-electron chi connectivity index (χ2n) is 4.65. The van der Waals surface area contributed by atoms with E-state index in [0.29, 0.717) is 12.4 Å². The molecule has 2 aromatic rings. The highest BCUT2D eigenvalue weighted by molar-refractivity contribution is 5.89. The van der Waals surface area contributed by atoms with Crippen LogP contribution in [0.2, 0.25) is 0 Å². The molecule has 3 N–H and O–H groups in total. The fraction of sp³-hybridized carbons (Fsp3) is 0.133. The van der Waals surface area contributed by atoms with Crippen LogP contribution in [0.1, 0.15) is 11.1 Å². The Bertz CT molecular complexity index is 681. The third-order valence-electron chi connectivity index (χ3n) is 3.37. The summed E-state index contributed by atoms with van der Waals surface area (Å²) in [6, 6.07) is 7.03. The number of halogens is 2. The molecule has 1 unspecified atom stereocenters. The van der Waals surface area contributed by atoms with E-state index < -0.39 is 6.04 Å². The zero-order valence-electron chi connectivity index (χ0n) is 12.1. The van der Waals surface area contributed by atoms with Crippen LogP contribution in [-0.4, -0.2) is 22.3 Å². The summed E-state index contributed by atoms with van der Waals surface area (Å²) >= 11 is 0. The summed E-state index contributed by atoms with van der Waals surface area (Å²) in [5, 5.41) is 1.72. The van der Waals surface area contributed by atoms with Crippen molar-refractivity contribution in [2.24, 2.45) is 5.73 Å². The predicted octanol–water partition coefficient (Wildman–Crippen LogP) is 1.71. The van der Waals surface area contributed by atoms with Crippen molar-refractivity contribution in [3.8, 4) is 0 Å². The van der Waals surface area contributed by atoms with Gasteiger partial charge < -0.3 is 16.0 Å². The van der Waals surface area contributed by atoms with Gasteiger partial charge in [0.05, 0.1) is 0 Å². The quantitative estimate of drug-likeness (QED) is 0.814. The number of aromatic nitrogens is 2. The summed E-state index contributed by atoms with van der Waals surface area (Å²) in [7, 11) is 0. The molecule has 6 nitrogen and oxygen atoms in total. The van der Waals surface area contributed by atoms with E-state index in [-0.39, 0.29) is 24.8 Å². The fourth-order valence-corrected chi connectivity index (χ4v) is 2.29. The minimum Gasteiger partial charge on any atom is -0.326 e. The van der Waals surface area contributed by atoms with Crippen LogP contribution in [0.3, 0.4) is 0 Å². The molecule has 0 amide bonds. The van der Waals surface area contributed by atoms with Gasteiger partial charge in [-0.25, -0.2) is 4.98 Å². The second-order valence-corrected chi connectivity index (χ2v) is 4.65. The molecule has 3 heterocycles. The van der Waals surface area contributed by atoms with E-state index in [1.54, 1.807) is 29.8 Å². The molecule has 1 aliphatic rings. The van der Waals surface area contributed by atoms with Gasteiger partial charge in [0.1, 0.15) is 18.1 Å². The van der Waals surface area contributed by atoms with Crippen LogP contribution < -0.4 is 16.2 Å². The molecule has 122 valence electrons. The van der Waals surface area contributed by atoms with Crippen molar-refractivity contribution < 1.29 is 4.79 Å². The minimum absolute atomic E-state index is 0. The second kappa shape index (κ2) is 8.47. The van der Waals surface area contributed by atoms with Crippen molar-refractivity contribution in [2.75, 3.05) is 5.01 Å². The van der Waals surface area contributed by atoms with Gasteiger partial charge >= 0.3 is 0 Å². The number of carbonyl (C=O) groups excluding carboxylic acids is 1. The molecule has 1 aliphatic heterocycles. The predicted molar refractivity (Wildman–Crippen MR) is 94.3 cm³/mol. The van der Waals surface area contributed by atoms with Gasteiger partial charge in [-0.1, -0.05) is 6.07 Å². The number of rotatable bonds is 4. The first-order chi connectivity index (χ1) is 10.3. The smallest absolute Gasteiger partial charge is 0.149 e. The number of hydrogen-bond acceptors (Lipinski definition) is 6. The minimum atomic E-state index is -0.449. The normalized spacial score (nSPS) is 15.8. The summed E-state index contributed by atoms with van der Waals surface area (Å²) in [5.41, 5.74) is 11.4. The van der Waals surface area contributed by atoms with Gasteiger partial charge in [-0.2, -0.15) is 0 Å². The number of hydrazine groups is 1. The molecule has 0 fully saturated rings. The molecular weight excluding hydrogens is 337 g/mol. The SMILES string of the molecule is Cl.Cl.NCc1ccnc(N2NC=C(c3cccnc3)C2C=O)c1. The third-order valence-corrected chi connectivity index (χ3v) is 3.37. The van der Waals surface area contributed by atoms with Gasteiger partial charge in [0, 0.05) is 42.5 Å². The lowest BCUT2D eigenvalue weighted by atomic mass is 10.0. The Morgan fingerprint density at radius 2 is 2.13 bits per heavy atom. The average Bonchev–Trinajstić information content (AvgIpc) is 2.99. The first-order valence-electron chi connectivity index (χ1n) is 6.59. The first kappa shape index (κ1) is 18.9. The highest BCUT2D eigenvalue weighted by atomic mass is 35.5. The lowest BCUT2D eigenvalue weighted by molar-refractivity contribution is -0.107. The lowest BCUT2D eigenvalue weighted by Crippen LogP contribution is -2.40. The third kappa shape index (κ3) is 3.79. The van der Waals surface area contributed by atoms with Crippen molar-refractivity contribution in [3.63, 3.8) is 0 Å². The molecule has 23 heavy (non-hydrogen) atoms. The Balaban J connectivity index is 0.00000132. The molecule has 0 radical (unpaired) electrons. The highest BCUT2D eigenvalue weighted by Gasteiger charge is 2.29. The fourth-order valence-electron chi connectivity index (χ4n) is 2.29. The van der Waals surface area contributed by atoms with Crippen LogP contribution in [-0.2, 0) is 11.3 Å². The van der Waals surface area contributed by atoms with Gasteiger partial charge in [-0.05, 0) is 23.8 Å². The van der Waals surface area contributed by atoms with E-state index in [9.17, 15) is 4.79 Å². The molecule has 0 bridgehead atoms. The Hall–Kier alpha value is -2.15. The Kier molecular flexibility index (Phi) is 6.96. The van der Waals surface area contributed by atoms with Crippen molar-refractivity contribution in [1.29, 1.82) is 0 Å². The van der Waals surface area contributed by atoms with Crippen LogP contribution in [0.4, 0.5) is 5.82 Å². The number of aldehydes is 1. The number of pyridine rings is 2. The largest absolute Gasteiger partial charge is 0.326 e. The zero-order chi connectivity index (χ0) is 14.7. The average molecular weight is 354 g/mol. The maximum atomic E-state index is 11.5. The maximum absolute atomic E-state index is 11.5. The lowest BCUT2D eigenvalue weighted by Gasteiger charge is -2.23. The van der Waals surface area contributed by atoms with E-state index in [0.717, 1.165) is 23.0 Å². The summed E-state index contributed by atoms with van der Waals surface area (Å²) < 4.78 is 0. The van der Waals surface area contributed by atoms with Crippen LogP contribution in [0.5, 0.6) is 0 Å². The van der Waals surface area contributed by atoms with E-state index in [1.165, 1.54) is 0 Å². The first-order valence-corrected chi connectivity index (χ1v) is 6.59. The Morgan fingerprint density at radius 3 is 2.78 bits per heavy atom. The molecule has 0 saturated carbocycles. The number of anilines is 1. The van der Waals surface area contributed by atoms with Crippen molar-refractivity contribution in [1.82, 2.24) is 15.4 Å². The molecule has 3 rings (SSSR count). The summed E-state index contributed by atoms with van der Waals surface area (Å²) in [6.07, 6.45) is 7.80. The van der Waals surface area contributed by atoms with Crippen molar-refractivity contribution in [2.45, 2.75) is 12.6 Å². The molecule has 8 heteroatoms. The highest BCUT2D eigenvalue weighted by Crippen LogP contribution is 2.27. The van der Waals surface area contributed by atoms with E-state index >= 15 is 0 Å². The molecule has 0 saturated heterocycles. The Labute approximate surface area is 146 Å². The monoisotopic (exact) mass is 353 g/mol. The van der Waals surface area contributed by atoms with E-state index in [4.69, 9.17) is 5.73 Å². The molecule has 0 aromatic carbocycles. The van der Waals surface area contributed by atoms with Gasteiger partial charge in [0.2, 0.25) is 0 Å². The van der Waals surface area contributed by atoms with Crippen LogP contribution in [0.25, 0.3) is 5.57 Å². The standard InChI is InChI=1S/C15H15N5O.2ClH/c16-7-11-3-5-18-15(6-11)20-14(10-21)13(9-19-20)12-2-1-4-17-8-12;;/h1-6,8-10,14,19H,7,16H2;2*1H. The van der Waals surface area contributed by atoms with E-state index in [2.05, 4.69) is 15.4 Å².